The Labute approximate surface area is 131 Å². The number of rotatable bonds is 6. The van der Waals surface area contributed by atoms with Crippen LogP contribution in [0.4, 0.5) is 0 Å². The molecule has 2 N–H and O–H groups in total. The molecule has 0 atom stereocenters. The highest BCUT2D eigenvalue weighted by molar-refractivity contribution is 5.93. The zero-order valence-corrected chi connectivity index (χ0v) is 12.5. The summed E-state index contributed by atoms with van der Waals surface area (Å²) in [7, 11) is 0. The number of aryl methyl sites for hydroxylation is 1. The van der Waals surface area contributed by atoms with E-state index in [1.54, 1.807) is 6.92 Å². The lowest BCUT2D eigenvalue weighted by molar-refractivity contribution is 0.0949. The van der Waals surface area contributed by atoms with E-state index in [0.717, 1.165) is 4.52 Å². The summed E-state index contributed by atoms with van der Waals surface area (Å²) in [6.45, 7) is 2.05. The first-order chi connectivity index (χ1) is 11.0. The number of hydrogen-bond donors (Lipinski definition) is 2. The predicted octanol–water partition coefficient (Wildman–Crippen LogP) is 0.421. The molecule has 1 aliphatic heterocycles. The van der Waals surface area contributed by atoms with E-state index in [-0.39, 0.29) is 11.3 Å². The molecule has 0 spiro atoms. The lowest BCUT2D eigenvalue weighted by Crippen LogP contribution is -2.33. The highest BCUT2D eigenvalue weighted by Gasteiger charge is 2.38. The van der Waals surface area contributed by atoms with E-state index >= 15 is 0 Å². The molecule has 1 amide bonds. The number of fused-ring (bicyclic) bond motifs is 1. The first-order valence-corrected chi connectivity index (χ1v) is 7.15. The van der Waals surface area contributed by atoms with Gasteiger partial charge in [0.2, 0.25) is 0 Å². The fourth-order valence-electron chi connectivity index (χ4n) is 2.26. The summed E-state index contributed by atoms with van der Waals surface area (Å²) in [5, 5.41) is 13.4. The van der Waals surface area contributed by atoms with Gasteiger partial charge in [0.15, 0.2) is 5.66 Å². The van der Waals surface area contributed by atoms with Crippen molar-refractivity contribution in [1.29, 1.82) is 0 Å². The third-order valence-electron chi connectivity index (χ3n) is 3.59. The second-order valence-electron chi connectivity index (χ2n) is 5.31. The number of nitrogens with one attached hydrogen (secondary N) is 2. The van der Waals surface area contributed by atoms with Gasteiger partial charge in [-0.3, -0.25) is 14.7 Å². The fraction of sp³-hybridized carbons (Fsp3) is 0.429. The fourth-order valence-corrected chi connectivity index (χ4v) is 2.26. The maximum absolute atomic E-state index is 12.2. The molecule has 0 aliphatic carbocycles. The molecular weight excluding hydrogens is 298 g/mol. The van der Waals surface area contributed by atoms with Crippen LogP contribution in [0.15, 0.2) is 21.2 Å². The Bertz CT molecular complexity index is 881. The van der Waals surface area contributed by atoms with Crippen molar-refractivity contribution in [3.8, 4) is 12.3 Å². The zero-order chi connectivity index (χ0) is 16.4. The number of hydrogen-bond acceptors (Lipinski definition) is 6. The summed E-state index contributed by atoms with van der Waals surface area (Å²) >= 11 is 0. The van der Waals surface area contributed by atoms with Gasteiger partial charge in [0.25, 0.3) is 17.2 Å². The van der Waals surface area contributed by atoms with Crippen molar-refractivity contribution in [2.45, 2.75) is 31.8 Å². The van der Waals surface area contributed by atoms with Crippen LogP contribution in [0.1, 0.15) is 35.4 Å². The van der Waals surface area contributed by atoms with Gasteiger partial charge in [-0.25, -0.2) is 4.98 Å². The molecule has 0 bridgehead atoms. The molecule has 3 rings (SSSR count). The summed E-state index contributed by atoms with van der Waals surface area (Å²) in [4.78, 5) is 32.4. The summed E-state index contributed by atoms with van der Waals surface area (Å²) in [6, 6.07) is 0. The first kappa shape index (κ1) is 14.9. The van der Waals surface area contributed by atoms with Crippen LogP contribution in [0.25, 0.3) is 5.78 Å². The minimum Gasteiger partial charge on any atom is -0.352 e. The van der Waals surface area contributed by atoms with Crippen LogP contribution in [0.2, 0.25) is 0 Å². The molecule has 3 heterocycles. The molecule has 2 aromatic heterocycles. The van der Waals surface area contributed by atoms with Crippen molar-refractivity contribution in [2.24, 2.45) is 10.2 Å². The largest absolute Gasteiger partial charge is 0.352 e. The number of carbonyl (C=O) groups is 1. The third kappa shape index (κ3) is 2.96. The van der Waals surface area contributed by atoms with E-state index in [1.165, 1.54) is 6.20 Å². The molecule has 23 heavy (non-hydrogen) atoms. The van der Waals surface area contributed by atoms with Crippen LogP contribution < -0.4 is 10.9 Å². The van der Waals surface area contributed by atoms with Gasteiger partial charge >= 0.3 is 0 Å². The molecule has 0 saturated carbocycles. The monoisotopic (exact) mass is 313 g/mol. The lowest BCUT2D eigenvalue weighted by atomic mass is 10.0. The molecule has 118 valence electrons. The Morgan fingerprint density at radius 1 is 1.48 bits per heavy atom. The minimum atomic E-state index is -0.490. The van der Waals surface area contributed by atoms with E-state index in [1.807, 2.05) is 0 Å². The van der Waals surface area contributed by atoms with Gasteiger partial charge < -0.3 is 5.32 Å². The van der Waals surface area contributed by atoms with Crippen LogP contribution in [-0.2, 0) is 0 Å². The topological polar surface area (TPSA) is 117 Å². The number of amides is 1. The second kappa shape index (κ2) is 5.64. The average Bonchev–Trinajstić information content (AvgIpc) is 3.18. The van der Waals surface area contributed by atoms with Crippen molar-refractivity contribution >= 4 is 11.7 Å². The number of aromatic nitrogens is 4. The Morgan fingerprint density at radius 3 is 2.96 bits per heavy atom. The first-order valence-electron chi connectivity index (χ1n) is 7.15. The van der Waals surface area contributed by atoms with Gasteiger partial charge in [-0.2, -0.15) is 19.7 Å². The molecule has 2 aromatic rings. The molecule has 1 aliphatic rings. The normalized spacial score (nSPS) is 14.6. The number of carbonyl (C=O) groups excluding carboxylic acids is 1. The Hall–Kier alpha value is -3.02. The van der Waals surface area contributed by atoms with Crippen molar-refractivity contribution < 1.29 is 4.79 Å². The van der Waals surface area contributed by atoms with E-state index in [0.29, 0.717) is 31.6 Å². The number of aromatic amines is 1. The summed E-state index contributed by atoms with van der Waals surface area (Å²) in [6.07, 6.45) is 8.27. The molecule has 0 radical (unpaired) electrons. The second-order valence-corrected chi connectivity index (χ2v) is 5.31. The number of nitrogens with zero attached hydrogens (tertiary/aromatic N) is 5. The van der Waals surface area contributed by atoms with Gasteiger partial charge in [0, 0.05) is 32.0 Å². The van der Waals surface area contributed by atoms with Gasteiger partial charge in [0.05, 0.1) is 0 Å². The number of H-pyrrole nitrogens is 1. The molecule has 0 fully saturated rings. The van der Waals surface area contributed by atoms with Crippen molar-refractivity contribution in [3.05, 3.63) is 27.9 Å². The van der Waals surface area contributed by atoms with E-state index < -0.39 is 17.1 Å². The van der Waals surface area contributed by atoms with E-state index in [4.69, 9.17) is 6.42 Å². The van der Waals surface area contributed by atoms with Crippen molar-refractivity contribution in [2.75, 3.05) is 6.54 Å². The van der Waals surface area contributed by atoms with Crippen LogP contribution in [0, 0.1) is 19.3 Å². The van der Waals surface area contributed by atoms with Gasteiger partial charge in [0.1, 0.15) is 11.4 Å². The highest BCUT2D eigenvalue weighted by Crippen LogP contribution is 2.35. The van der Waals surface area contributed by atoms with Crippen molar-refractivity contribution in [1.82, 2.24) is 24.9 Å². The smallest absolute Gasteiger partial charge is 0.286 e. The van der Waals surface area contributed by atoms with Crippen LogP contribution >= 0.6 is 0 Å². The van der Waals surface area contributed by atoms with Crippen molar-refractivity contribution in [3.63, 3.8) is 0 Å². The molecule has 9 nitrogen and oxygen atoms in total. The van der Waals surface area contributed by atoms with E-state index in [9.17, 15) is 9.59 Å². The molecule has 0 aromatic carbocycles. The average molecular weight is 313 g/mol. The van der Waals surface area contributed by atoms with Gasteiger partial charge in [-0.15, -0.1) is 12.3 Å². The lowest BCUT2D eigenvalue weighted by Gasteiger charge is -2.09. The molecular formula is C14H15N7O2. The molecule has 0 saturated heterocycles. The Morgan fingerprint density at radius 2 is 2.26 bits per heavy atom. The van der Waals surface area contributed by atoms with E-state index in [2.05, 4.69) is 36.5 Å². The standard InChI is InChI=1S/C14H15N7O2/c1-3-4-5-14(19-20-14)6-7-15-11(22)10-8-16-13-17-9(2)18-21(13)12(10)23/h1,8H,4-7H2,2H3,(H,15,22)(H,16,17,18). The van der Waals surface area contributed by atoms with Crippen LogP contribution in [0.3, 0.4) is 0 Å². The highest BCUT2D eigenvalue weighted by atomic mass is 16.2. The molecule has 0 unspecified atom stereocenters. The maximum atomic E-state index is 12.2. The van der Waals surface area contributed by atoms with Gasteiger partial charge in [-0.05, 0) is 6.92 Å². The van der Waals surface area contributed by atoms with Crippen LogP contribution in [-0.4, -0.2) is 37.7 Å². The predicted molar refractivity (Wildman–Crippen MR) is 80.9 cm³/mol. The number of terminal acetylenes is 1. The SMILES string of the molecule is C#CCCC1(CCNC(=O)c2cnc3nc(C)[nH]n3c2=O)N=N1. The Balaban J connectivity index is 1.64. The molecule has 9 heteroatoms. The van der Waals surface area contributed by atoms with Crippen LogP contribution in [0.5, 0.6) is 0 Å². The maximum Gasteiger partial charge on any atom is 0.286 e. The summed E-state index contributed by atoms with van der Waals surface area (Å²) < 4.78 is 1.14. The quantitative estimate of drug-likeness (QED) is 0.752. The third-order valence-corrected chi connectivity index (χ3v) is 3.59. The minimum absolute atomic E-state index is 0.0477. The van der Waals surface area contributed by atoms with Gasteiger partial charge in [-0.1, -0.05) is 0 Å². The summed E-state index contributed by atoms with van der Waals surface area (Å²) in [5.41, 5.74) is -0.998. The Kier molecular flexibility index (Phi) is 3.65. The zero-order valence-electron chi connectivity index (χ0n) is 12.5. The summed E-state index contributed by atoms with van der Waals surface area (Å²) in [5.74, 6) is 2.83.